The van der Waals surface area contributed by atoms with Crippen molar-refractivity contribution in [2.75, 3.05) is 6.54 Å². The molecule has 0 atom stereocenters. The van der Waals surface area contributed by atoms with Crippen molar-refractivity contribution in [1.82, 2.24) is 13.7 Å². The number of hydrogen-bond acceptors (Lipinski definition) is 5. The zero-order valence-electron chi connectivity index (χ0n) is 19.6. The summed E-state index contributed by atoms with van der Waals surface area (Å²) in [6, 6.07) is 22.8. The first-order valence-corrected chi connectivity index (χ1v) is 14.0. The quantitative estimate of drug-likeness (QED) is 0.229. The first-order valence-electron chi connectivity index (χ1n) is 11.7. The van der Waals surface area contributed by atoms with Gasteiger partial charge < -0.3 is 4.42 Å². The van der Waals surface area contributed by atoms with Crippen LogP contribution in [0.1, 0.15) is 11.5 Å². The van der Waals surface area contributed by atoms with Crippen LogP contribution in [0.25, 0.3) is 27.0 Å². The molecule has 0 saturated carbocycles. The van der Waals surface area contributed by atoms with E-state index in [9.17, 15) is 12.8 Å². The molecule has 0 bridgehead atoms. The van der Waals surface area contributed by atoms with Gasteiger partial charge >= 0.3 is 0 Å². The largest absolute Gasteiger partial charge is 0.468 e. The number of furan rings is 1. The maximum absolute atomic E-state index is 13.4. The van der Waals surface area contributed by atoms with Crippen LogP contribution in [0.5, 0.6) is 0 Å². The van der Waals surface area contributed by atoms with E-state index in [0.29, 0.717) is 12.2 Å². The Morgan fingerprint density at radius 3 is 2.57 bits per heavy atom. The van der Waals surface area contributed by atoms with E-state index in [2.05, 4.69) is 30.3 Å². The average molecular weight is 532 g/mol. The van der Waals surface area contributed by atoms with E-state index in [-0.39, 0.29) is 18.0 Å². The highest BCUT2D eigenvalue weighted by Gasteiger charge is 2.26. The lowest BCUT2D eigenvalue weighted by Crippen LogP contribution is -2.32. The topological polar surface area (TPSA) is 67.8 Å². The molecular weight excluding hydrogens is 509 g/mol. The molecule has 0 spiro atoms. The third kappa shape index (κ3) is 4.69. The lowest BCUT2D eigenvalue weighted by Gasteiger charge is -2.21. The van der Waals surface area contributed by atoms with Gasteiger partial charge in [0.15, 0.2) is 4.96 Å². The maximum atomic E-state index is 13.4. The minimum absolute atomic E-state index is 0.0390. The van der Waals surface area contributed by atoms with Crippen molar-refractivity contribution in [2.45, 2.75) is 17.9 Å². The van der Waals surface area contributed by atoms with Crippen LogP contribution in [0.2, 0.25) is 0 Å². The second kappa shape index (κ2) is 9.59. The van der Waals surface area contributed by atoms with Gasteiger partial charge in [0, 0.05) is 35.8 Å². The van der Waals surface area contributed by atoms with E-state index in [1.165, 1.54) is 39.4 Å². The summed E-state index contributed by atoms with van der Waals surface area (Å²) >= 11 is 1.52. The summed E-state index contributed by atoms with van der Waals surface area (Å²) in [5.41, 5.74) is 2.85. The van der Waals surface area contributed by atoms with E-state index in [1.54, 1.807) is 12.1 Å². The molecule has 9 heteroatoms. The van der Waals surface area contributed by atoms with E-state index >= 15 is 0 Å². The Morgan fingerprint density at radius 1 is 0.973 bits per heavy atom. The molecule has 0 unspecified atom stereocenters. The van der Waals surface area contributed by atoms with E-state index in [1.807, 2.05) is 28.1 Å². The summed E-state index contributed by atoms with van der Waals surface area (Å²) in [4.78, 5) is 5.69. The molecule has 0 N–H and O–H groups in total. The number of aromatic nitrogens is 2. The third-order valence-corrected chi connectivity index (χ3v) is 9.06. The number of hydrogen-bond donors (Lipinski definition) is 0. The van der Waals surface area contributed by atoms with Crippen molar-refractivity contribution >= 4 is 37.1 Å². The van der Waals surface area contributed by atoms with Crippen molar-refractivity contribution in [2.24, 2.45) is 0 Å². The van der Waals surface area contributed by atoms with Gasteiger partial charge in [-0.05, 0) is 53.2 Å². The molecule has 186 valence electrons. The molecule has 0 aliphatic heterocycles. The molecule has 0 amide bonds. The summed E-state index contributed by atoms with van der Waals surface area (Å²) < 4.78 is 49.1. The molecule has 0 radical (unpaired) electrons. The normalized spacial score (nSPS) is 12.2. The van der Waals surface area contributed by atoms with Gasteiger partial charge in [-0.25, -0.2) is 17.8 Å². The Bertz CT molecular complexity index is 1790. The molecule has 3 aromatic carbocycles. The van der Waals surface area contributed by atoms with Gasteiger partial charge in [-0.1, -0.05) is 36.4 Å². The summed E-state index contributed by atoms with van der Waals surface area (Å²) in [5.74, 6) is 0.0434. The summed E-state index contributed by atoms with van der Waals surface area (Å²) in [6.07, 6.45) is 3.98. The van der Waals surface area contributed by atoms with Gasteiger partial charge in [0.25, 0.3) is 0 Å². The van der Waals surface area contributed by atoms with Crippen molar-refractivity contribution in [3.63, 3.8) is 0 Å². The van der Waals surface area contributed by atoms with E-state index in [0.717, 1.165) is 39.4 Å². The van der Waals surface area contributed by atoms with Gasteiger partial charge in [0.1, 0.15) is 11.6 Å². The summed E-state index contributed by atoms with van der Waals surface area (Å²) in [5, 5.41) is 4.32. The fraction of sp³-hybridized carbons (Fsp3) is 0.107. The standard InChI is InChI=1S/C28H22FN3O3S2/c29-23-9-11-26(12-10-23)37(33,34)31(17-25-6-3-15-35-25)14-13-24-19-36-28-30-27(18-32(24)28)22-8-7-20-4-1-2-5-21(20)16-22/h1-12,15-16,18-19H,13-14,17H2. The van der Waals surface area contributed by atoms with Crippen LogP contribution < -0.4 is 0 Å². The molecule has 37 heavy (non-hydrogen) atoms. The Hall–Kier alpha value is -3.79. The van der Waals surface area contributed by atoms with Crippen LogP contribution in [0.4, 0.5) is 4.39 Å². The van der Waals surface area contributed by atoms with Gasteiger partial charge in [-0.15, -0.1) is 11.3 Å². The van der Waals surface area contributed by atoms with Gasteiger partial charge in [0.05, 0.1) is 23.4 Å². The predicted molar refractivity (Wildman–Crippen MR) is 142 cm³/mol. The van der Waals surface area contributed by atoms with Crippen molar-refractivity contribution < 1.29 is 17.2 Å². The molecule has 0 aliphatic carbocycles. The van der Waals surface area contributed by atoms with Crippen LogP contribution in [-0.2, 0) is 23.0 Å². The van der Waals surface area contributed by atoms with Crippen LogP contribution in [0.15, 0.2) is 106 Å². The highest BCUT2D eigenvalue weighted by molar-refractivity contribution is 7.89. The average Bonchev–Trinajstić information content (AvgIpc) is 3.65. The van der Waals surface area contributed by atoms with E-state index in [4.69, 9.17) is 9.40 Å². The molecule has 0 fully saturated rings. The summed E-state index contributed by atoms with van der Waals surface area (Å²) in [7, 11) is -3.87. The Morgan fingerprint density at radius 2 is 1.78 bits per heavy atom. The highest BCUT2D eigenvalue weighted by Crippen LogP contribution is 2.27. The number of benzene rings is 3. The van der Waals surface area contributed by atoms with Gasteiger partial charge in [-0.2, -0.15) is 4.31 Å². The van der Waals surface area contributed by atoms with Crippen molar-refractivity contribution in [1.29, 1.82) is 0 Å². The van der Waals surface area contributed by atoms with E-state index < -0.39 is 15.8 Å². The maximum Gasteiger partial charge on any atom is 0.243 e. The monoisotopic (exact) mass is 531 g/mol. The molecule has 3 heterocycles. The molecule has 6 nitrogen and oxygen atoms in total. The van der Waals surface area contributed by atoms with Crippen LogP contribution in [-0.4, -0.2) is 28.7 Å². The Kier molecular flexibility index (Phi) is 6.11. The number of thiazole rings is 1. The zero-order valence-corrected chi connectivity index (χ0v) is 21.3. The number of imidazole rings is 1. The van der Waals surface area contributed by atoms with Crippen molar-refractivity contribution in [3.05, 3.63) is 114 Å². The fourth-order valence-corrected chi connectivity index (χ4v) is 6.67. The number of halogens is 1. The highest BCUT2D eigenvalue weighted by atomic mass is 32.2. The molecule has 6 aromatic rings. The predicted octanol–water partition coefficient (Wildman–Crippen LogP) is 6.38. The van der Waals surface area contributed by atoms with Gasteiger partial charge in [-0.3, -0.25) is 4.40 Å². The molecular formula is C28H22FN3O3S2. The number of sulfonamides is 1. The minimum atomic E-state index is -3.87. The summed E-state index contributed by atoms with van der Waals surface area (Å²) in [6.45, 7) is 0.294. The first-order chi connectivity index (χ1) is 18.0. The zero-order chi connectivity index (χ0) is 25.4. The van der Waals surface area contributed by atoms with Gasteiger partial charge in [0.2, 0.25) is 10.0 Å². The second-order valence-electron chi connectivity index (χ2n) is 8.69. The Labute approximate surface area is 217 Å². The fourth-order valence-electron chi connectivity index (χ4n) is 4.35. The van der Waals surface area contributed by atoms with Crippen LogP contribution in [0.3, 0.4) is 0 Å². The lowest BCUT2D eigenvalue weighted by molar-refractivity contribution is 0.365. The molecule has 0 aliphatic rings. The molecule has 3 aromatic heterocycles. The van der Waals surface area contributed by atoms with Crippen LogP contribution in [0, 0.1) is 5.82 Å². The lowest BCUT2D eigenvalue weighted by atomic mass is 10.1. The minimum Gasteiger partial charge on any atom is -0.468 e. The second-order valence-corrected chi connectivity index (χ2v) is 11.5. The number of fused-ring (bicyclic) bond motifs is 2. The van der Waals surface area contributed by atoms with Crippen LogP contribution >= 0.6 is 11.3 Å². The van der Waals surface area contributed by atoms with Crippen molar-refractivity contribution in [3.8, 4) is 11.3 Å². The number of rotatable bonds is 8. The Balaban J connectivity index is 1.28. The molecule has 6 rings (SSSR count). The number of nitrogens with zero attached hydrogens (tertiary/aromatic N) is 3. The SMILES string of the molecule is O=S(=O)(c1ccc(F)cc1)N(CCc1csc2nc(-c3ccc4ccccc4c3)cn12)Cc1ccco1. The third-order valence-electron chi connectivity index (χ3n) is 6.31. The molecule has 0 saturated heterocycles. The smallest absolute Gasteiger partial charge is 0.243 e. The first kappa shape index (κ1) is 23.6.